The van der Waals surface area contributed by atoms with Crippen LogP contribution in [0, 0.1) is 21.4 Å². The SMILES string of the molecule is COc1cccc(-c2cc(C#N)nn2-c2ccc([N+](=O)[O-])cc2)c1. The van der Waals surface area contributed by atoms with Gasteiger partial charge >= 0.3 is 0 Å². The second kappa shape index (κ2) is 6.22. The highest BCUT2D eigenvalue weighted by Crippen LogP contribution is 2.27. The molecule has 2 aromatic carbocycles. The van der Waals surface area contributed by atoms with E-state index in [1.54, 1.807) is 30.0 Å². The summed E-state index contributed by atoms with van der Waals surface area (Å²) in [5.74, 6) is 0.683. The molecule has 1 heterocycles. The maximum atomic E-state index is 10.8. The summed E-state index contributed by atoms with van der Waals surface area (Å²) in [5.41, 5.74) is 2.39. The molecule has 3 rings (SSSR count). The Bertz CT molecular complexity index is 939. The molecule has 1 aromatic heterocycles. The van der Waals surface area contributed by atoms with Crippen molar-refractivity contribution in [2.75, 3.05) is 7.11 Å². The third-order valence-electron chi connectivity index (χ3n) is 3.49. The summed E-state index contributed by atoms with van der Waals surface area (Å²) in [6.45, 7) is 0. The van der Waals surface area contributed by atoms with Gasteiger partial charge < -0.3 is 4.74 Å². The minimum atomic E-state index is -0.462. The summed E-state index contributed by atoms with van der Waals surface area (Å²) in [4.78, 5) is 10.3. The molecule has 0 atom stereocenters. The van der Waals surface area contributed by atoms with Crippen LogP contribution in [-0.4, -0.2) is 21.8 Å². The molecule has 0 aliphatic carbocycles. The van der Waals surface area contributed by atoms with Gasteiger partial charge in [-0.15, -0.1) is 0 Å². The molecule has 7 heteroatoms. The summed E-state index contributed by atoms with van der Waals surface area (Å²) >= 11 is 0. The van der Waals surface area contributed by atoms with Crippen molar-refractivity contribution in [1.82, 2.24) is 9.78 Å². The maximum absolute atomic E-state index is 10.8. The number of nitrogens with zero attached hydrogens (tertiary/aromatic N) is 4. The normalized spacial score (nSPS) is 10.2. The van der Waals surface area contributed by atoms with Crippen molar-refractivity contribution in [1.29, 1.82) is 5.26 Å². The highest BCUT2D eigenvalue weighted by molar-refractivity contribution is 5.65. The van der Waals surface area contributed by atoms with Crippen LogP contribution in [0.4, 0.5) is 5.69 Å². The molecule has 3 aromatic rings. The number of nitro groups is 1. The fourth-order valence-corrected chi connectivity index (χ4v) is 2.34. The van der Waals surface area contributed by atoms with E-state index in [-0.39, 0.29) is 11.4 Å². The molecular weight excluding hydrogens is 308 g/mol. The average Bonchev–Trinajstić information content (AvgIpc) is 3.06. The monoisotopic (exact) mass is 320 g/mol. The number of non-ortho nitro benzene ring substituents is 1. The first kappa shape index (κ1) is 15.2. The Morgan fingerprint density at radius 2 is 1.96 bits per heavy atom. The minimum Gasteiger partial charge on any atom is -0.497 e. The van der Waals surface area contributed by atoms with Crippen molar-refractivity contribution in [3.63, 3.8) is 0 Å². The van der Waals surface area contributed by atoms with E-state index in [1.165, 1.54) is 12.1 Å². The van der Waals surface area contributed by atoms with Crippen molar-refractivity contribution in [2.45, 2.75) is 0 Å². The number of aromatic nitrogens is 2. The van der Waals surface area contributed by atoms with Crippen molar-refractivity contribution in [3.05, 3.63) is 70.4 Å². The fraction of sp³-hybridized carbons (Fsp3) is 0.0588. The summed E-state index contributed by atoms with van der Waals surface area (Å²) in [6.07, 6.45) is 0. The van der Waals surface area contributed by atoms with Gasteiger partial charge in [0.25, 0.3) is 5.69 Å². The van der Waals surface area contributed by atoms with E-state index in [0.717, 1.165) is 5.56 Å². The predicted molar refractivity (Wildman–Crippen MR) is 86.9 cm³/mol. The molecule has 0 N–H and O–H groups in total. The van der Waals surface area contributed by atoms with Crippen LogP contribution < -0.4 is 4.74 Å². The zero-order valence-electron chi connectivity index (χ0n) is 12.7. The minimum absolute atomic E-state index is 0.00524. The molecule has 0 radical (unpaired) electrons. The Morgan fingerprint density at radius 3 is 2.58 bits per heavy atom. The molecule has 0 spiro atoms. The number of ether oxygens (including phenoxy) is 1. The first-order valence-electron chi connectivity index (χ1n) is 7.02. The summed E-state index contributed by atoms with van der Waals surface area (Å²) in [6, 6.07) is 17.0. The molecule has 0 fully saturated rings. The average molecular weight is 320 g/mol. The molecule has 0 aliphatic rings. The Balaban J connectivity index is 2.12. The molecular formula is C17H12N4O3. The number of methoxy groups -OCH3 is 1. The standard InChI is InChI=1S/C17H12N4O3/c1-24-16-4-2-3-12(9-16)17-10-13(11-18)19-20(17)14-5-7-15(8-6-14)21(22)23/h2-10H,1H3. The molecule has 0 amide bonds. The topological polar surface area (TPSA) is 94.0 Å². The van der Waals surface area contributed by atoms with E-state index in [9.17, 15) is 10.1 Å². The molecule has 0 unspecified atom stereocenters. The first-order chi connectivity index (χ1) is 11.6. The van der Waals surface area contributed by atoms with E-state index < -0.39 is 4.92 Å². The van der Waals surface area contributed by atoms with Gasteiger partial charge in [-0.1, -0.05) is 12.1 Å². The highest BCUT2D eigenvalue weighted by Gasteiger charge is 2.13. The van der Waals surface area contributed by atoms with E-state index in [1.807, 2.05) is 30.3 Å². The molecule has 0 saturated heterocycles. The summed E-state index contributed by atoms with van der Waals surface area (Å²) in [5, 5.41) is 24.2. The lowest BCUT2D eigenvalue weighted by atomic mass is 10.1. The largest absolute Gasteiger partial charge is 0.497 e. The zero-order valence-corrected chi connectivity index (χ0v) is 12.7. The van der Waals surface area contributed by atoms with E-state index in [2.05, 4.69) is 5.10 Å². The Morgan fingerprint density at radius 1 is 1.21 bits per heavy atom. The van der Waals surface area contributed by atoms with Gasteiger partial charge in [0.1, 0.15) is 11.8 Å². The van der Waals surface area contributed by atoms with Crippen LogP contribution in [0.25, 0.3) is 16.9 Å². The maximum Gasteiger partial charge on any atom is 0.269 e. The van der Waals surface area contributed by atoms with Gasteiger partial charge in [0.05, 0.1) is 23.4 Å². The number of nitro benzene ring substituents is 1. The van der Waals surface area contributed by atoms with Gasteiger partial charge in [-0.05, 0) is 24.3 Å². The van der Waals surface area contributed by atoms with Crippen LogP contribution in [0.3, 0.4) is 0 Å². The lowest BCUT2D eigenvalue weighted by molar-refractivity contribution is -0.384. The molecule has 0 bridgehead atoms. The quantitative estimate of drug-likeness (QED) is 0.543. The molecule has 24 heavy (non-hydrogen) atoms. The molecule has 0 aliphatic heterocycles. The third-order valence-corrected chi connectivity index (χ3v) is 3.49. The zero-order chi connectivity index (χ0) is 17.1. The van der Waals surface area contributed by atoms with Crippen molar-refractivity contribution < 1.29 is 9.66 Å². The lowest BCUT2D eigenvalue weighted by Crippen LogP contribution is -2.00. The number of hydrogen-bond donors (Lipinski definition) is 0. The second-order valence-electron chi connectivity index (χ2n) is 4.94. The van der Waals surface area contributed by atoms with Crippen molar-refractivity contribution in [3.8, 4) is 28.8 Å². The van der Waals surface area contributed by atoms with Gasteiger partial charge in [-0.25, -0.2) is 4.68 Å². The Labute approximate surface area is 137 Å². The van der Waals surface area contributed by atoms with E-state index in [0.29, 0.717) is 17.1 Å². The van der Waals surface area contributed by atoms with Gasteiger partial charge in [0, 0.05) is 23.8 Å². The number of rotatable bonds is 4. The van der Waals surface area contributed by atoms with Crippen LogP contribution in [0.5, 0.6) is 5.75 Å². The van der Waals surface area contributed by atoms with Crippen molar-refractivity contribution >= 4 is 5.69 Å². The number of benzene rings is 2. The van der Waals surface area contributed by atoms with Gasteiger partial charge in [0.2, 0.25) is 0 Å². The van der Waals surface area contributed by atoms with Gasteiger partial charge in [-0.2, -0.15) is 10.4 Å². The van der Waals surface area contributed by atoms with Crippen molar-refractivity contribution in [2.24, 2.45) is 0 Å². The molecule has 7 nitrogen and oxygen atoms in total. The van der Waals surface area contributed by atoms with Gasteiger partial charge in [-0.3, -0.25) is 10.1 Å². The van der Waals surface area contributed by atoms with Crippen LogP contribution in [0.15, 0.2) is 54.6 Å². The van der Waals surface area contributed by atoms with Gasteiger partial charge in [0.15, 0.2) is 5.69 Å². The Kier molecular flexibility index (Phi) is 3.95. The molecule has 118 valence electrons. The number of nitriles is 1. The number of hydrogen-bond acceptors (Lipinski definition) is 5. The van der Waals surface area contributed by atoms with E-state index in [4.69, 9.17) is 10.00 Å². The third kappa shape index (κ3) is 2.80. The van der Waals surface area contributed by atoms with Crippen LogP contribution >= 0.6 is 0 Å². The van der Waals surface area contributed by atoms with Crippen LogP contribution in [-0.2, 0) is 0 Å². The first-order valence-corrected chi connectivity index (χ1v) is 7.02. The smallest absolute Gasteiger partial charge is 0.269 e. The highest BCUT2D eigenvalue weighted by atomic mass is 16.6. The fourth-order valence-electron chi connectivity index (χ4n) is 2.34. The second-order valence-corrected chi connectivity index (χ2v) is 4.94. The molecule has 0 saturated carbocycles. The van der Waals surface area contributed by atoms with Crippen LogP contribution in [0.1, 0.15) is 5.69 Å². The summed E-state index contributed by atoms with van der Waals surface area (Å²) < 4.78 is 6.81. The summed E-state index contributed by atoms with van der Waals surface area (Å²) in [7, 11) is 1.58. The predicted octanol–water partition coefficient (Wildman–Crippen LogP) is 3.33. The lowest BCUT2D eigenvalue weighted by Gasteiger charge is -2.08. The Hall–Kier alpha value is -3.66. The van der Waals surface area contributed by atoms with E-state index >= 15 is 0 Å². The van der Waals surface area contributed by atoms with Crippen LogP contribution in [0.2, 0.25) is 0 Å².